The Hall–Kier alpha value is -2.39. The maximum Gasteiger partial charge on any atom is 0.191 e. The molecule has 0 spiro atoms. The number of guanidine groups is 1. The summed E-state index contributed by atoms with van der Waals surface area (Å²) in [6.07, 6.45) is 3.97. The van der Waals surface area contributed by atoms with E-state index >= 15 is 0 Å². The largest absolute Gasteiger partial charge is 0.357 e. The van der Waals surface area contributed by atoms with E-state index in [0.717, 1.165) is 19.0 Å². The van der Waals surface area contributed by atoms with Gasteiger partial charge in [0.1, 0.15) is 0 Å². The summed E-state index contributed by atoms with van der Waals surface area (Å²) in [4.78, 5) is 7.08. The van der Waals surface area contributed by atoms with Crippen molar-refractivity contribution in [1.29, 1.82) is 0 Å². The number of nitrogens with one attached hydrogen (secondary N) is 2. The fraction of sp³-hybridized carbons (Fsp3) is 0.360. The molecule has 2 aromatic carbocycles. The Morgan fingerprint density at radius 2 is 1.56 bits per heavy atom. The van der Waals surface area contributed by atoms with Crippen LogP contribution < -0.4 is 10.6 Å². The Bertz CT molecular complexity index is 900. The second-order valence-electron chi connectivity index (χ2n) is 7.90. The summed E-state index contributed by atoms with van der Waals surface area (Å²) in [6, 6.07) is 21.4. The molecule has 0 saturated heterocycles. The van der Waals surface area contributed by atoms with Crippen LogP contribution >= 0.6 is 24.0 Å². The van der Waals surface area contributed by atoms with Crippen molar-refractivity contribution < 1.29 is 0 Å². The smallest absolute Gasteiger partial charge is 0.191 e. The van der Waals surface area contributed by atoms with Crippen LogP contribution in [0.2, 0.25) is 0 Å². The second-order valence-corrected chi connectivity index (χ2v) is 7.90. The van der Waals surface area contributed by atoms with Crippen LogP contribution in [0.25, 0.3) is 0 Å². The Balaban J connectivity index is 0.00000363. The molecule has 2 N–H and O–H groups in total. The number of halogens is 1. The molecule has 0 aliphatic rings. The monoisotopic (exact) mass is 546 g/mol. The Morgan fingerprint density at radius 1 is 0.969 bits per heavy atom. The lowest BCUT2D eigenvalue weighted by atomic mass is 9.91. The lowest BCUT2D eigenvalue weighted by Gasteiger charge is -2.23. The van der Waals surface area contributed by atoms with Crippen LogP contribution in [0, 0.1) is 0 Å². The first-order chi connectivity index (χ1) is 15.1. The van der Waals surface area contributed by atoms with Crippen LogP contribution in [0.1, 0.15) is 35.6 Å². The minimum absolute atomic E-state index is 0. The molecule has 0 bridgehead atoms. The number of aryl methyl sites for hydroxylation is 1. The molecule has 0 amide bonds. The van der Waals surface area contributed by atoms with Crippen LogP contribution in [0.4, 0.5) is 0 Å². The molecule has 0 saturated carbocycles. The minimum Gasteiger partial charge on any atom is -0.357 e. The molecule has 7 heteroatoms. The number of rotatable bonds is 9. The summed E-state index contributed by atoms with van der Waals surface area (Å²) < 4.78 is 1.84. The predicted molar refractivity (Wildman–Crippen MR) is 144 cm³/mol. The maximum absolute atomic E-state index is 4.90. The summed E-state index contributed by atoms with van der Waals surface area (Å²) in [5, 5.41) is 11.3. The lowest BCUT2D eigenvalue weighted by Crippen LogP contribution is -2.40. The molecule has 0 aliphatic carbocycles. The standard InChI is InChI=1S/C25H34N6.HI/c1-5-26-25(28-18-24(30(2)3)22-16-29-31(4)19-22)27-17-23(20-12-8-6-9-13-20)21-14-10-7-11-15-21;/h6-16,19,23-24H,5,17-18H2,1-4H3,(H2,26,27,28);1H. The van der Waals surface area contributed by atoms with Crippen molar-refractivity contribution in [1.82, 2.24) is 25.3 Å². The summed E-state index contributed by atoms with van der Waals surface area (Å²) in [5.74, 6) is 1.07. The van der Waals surface area contributed by atoms with E-state index in [9.17, 15) is 0 Å². The fourth-order valence-electron chi connectivity index (χ4n) is 3.70. The summed E-state index contributed by atoms with van der Waals surface area (Å²) in [6.45, 7) is 4.31. The second kappa shape index (κ2) is 13.2. The first-order valence-corrected chi connectivity index (χ1v) is 10.9. The number of benzene rings is 2. The van der Waals surface area contributed by atoms with Gasteiger partial charge in [-0.2, -0.15) is 5.10 Å². The highest BCUT2D eigenvalue weighted by atomic mass is 127. The highest BCUT2D eigenvalue weighted by molar-refractivity contribution is 14.0. The zero-order chi connectivity index (χ0) is 22.1. The van der Waals surface area contributed by atoms with E-state index in [0.29, 0.717) is 6.54 Å². The zero-order valence-electron chi connectivity index (χ0n) is 19.4. The molecule has 0 fully saturated rings. The summed E-state index contributed by atoms with van der Waals surface area (Å²) in [5.41, 5.74) is 3.75. The van der Waals surface area contributed by atoms with Crippen LogP contribution in [0.3, 0.4) is 0 Å². The Kier molecular flexibility index (Phi) is 10.7. The van der Waals surface area contributed by atoms with Gasteiger partial charge < -0.3 is 15.5 Å². The summed E-state index contributed by atoms with van der Waals surface area (Å²) >= 11 is 0. The van der Waals surface area contributed by atoms with Crippen molar-refractivity contribution in [3.63, 3.8) is 0 Å². The third-order valence-corrected chi connectivity index (χ3v) is 5.38. The van der Waals surface area contributed by atoms with Gasteiger partial charge in [0.05, 0.1) is 18.8 Å². The molecule has 0 aliphatic heterocycles. The van der Waals surface area contributed by atoms with Gasteiger partial charge in [-0.15, -0.1) is 24.0 Å². The van der Waals surface area contributed by atoms with Gasteiger partial charge in [-0.25, -0.2) is 0 Å². The van der Waals surface area contributed by atoms with E-state index in [2.05, 4.69) is 109 Å². The van der Waals surface area contributed by atoms with E-state index in [-0.39, 0.29) is 35.9 Å². The van der Waals surface area contributed by atoms with Gasteiger partial charge in [0.2, 0.25) is 0 Å². The minimum atomic E-state index is 0. The van der Waals surface area contributed by atoms with Gasteiger partial charge in [0, 0.05) is 37.8 Å². The molecule has 6 nitrogen and oxygen atoms in total. The summed E-state index contributed by atoms with van der Waals surface area (Å²) in [7, 11) is 6.10. The molecule has 172 valence electrons. The van der Waals surface area contributed by atoms with Crippen molar-refractivity contribution in [2.75, 3.05) is 33.7 Å². The van der Waals surface area contributed by atoms with Crippen molar-refractivity contribution >= 4 is 29.9 Å². The number of aliphatic imine (C=N–C) groups is 1. The fourth-order valence-corrected chi connectivity index (χ4v) is 3.70. The average Bonchev–Trinajstić information content (AvgIpc) is 3.21. The highest BCUT2D eigenvalue weighted by Gasteiger charge is 2.17. The normalized spacial score (nSPS) is 12.5. The quantitative estimate of drug-likeness (QED) is 0.242. The van der Waals surface area contributed by atoms with Gasteiger partial charge in [-0.3, -0.25) is 9.67 Å². The van der Waals surface area contributed by atoms with Gasteiger partial charge in [-0.1, -0.05) is 60.7 Å². The molecule has 32 heavy (non-hydrogen) atoms. The number of aromatic nitrogens is 2. The number of nitrogens with zero attached hydrogens (tertiary/aromatic N) is 4. The molecule has 3 aromatic rings. The molecule has 1 atom stereocenters. The molecule has 1 heterocycles. The zero-order valence-corrected chi connectivity index (χ0v) is 21.7. The lowest BCUT2D eigenvalue weighted by molar-refractivity contribution is 0.306. The van der Waals surface area contributed by atoms with Gasteiger partial charge >= 0.3 is 0 Å². The van der Waals surface area contributed by atoms with Crippen LogP contribution in [0.15, 0.2) is 78.0 Å². The SMILES string of the molecule is CCNC(=NCC(c1cnn(C)c1)N(C)C)NCC(c1ccccc1)c1ccccc1.I. The number of hydrogen-bond acceptors (Lipinski definition) is 3. The van der Waals surface area contributed by atoms with Crippen LogP contribution in [0.5, 0.6) is 0 Å². The van der Waals surface area contributed by atoms with E-state index < -0.39 is 0 Å². The topological polar surface area (TPSA) is 57.5 Å². The van der Waals surface area contributed by atoms with Crippen LogP contribution in [-0.4, -0.2) is 54.4 Å². The molecule has 1 unspecified atom stereocenters. The van der Waals surface area contributed by atoms with E-state index in [1.807, 2.05) is 17.9 Å². The number of likely N-dealkylation sites (N-methyl/N-ethyl adjacent to an activating group) is 1. The molecule has 1 aromatic heterocycles. The third-order valence-electron chi connectivity index (χ3n) is 5.38. The third kappa shape index (κ3) is 7.34. The van der Waals surface area contributed by atoms with Crippen molar-refractivity contribution in [3.05, 3.63) is 89.7 Å². The molecule has 3 rings (SSSR count). The first-order valence-electron chi connectivity index (χ1n) is 10.9. The van der Waals surface area contributed by atoms with Gasteiger partial charge in [0.15, 0.2) is 5.96 Å². The van der Waals surface area contributed by atoms with Gasteiger partial charge in [-0.05, 0) is 32.1 Å². The maximum atomic E-state index is 4.90. The molecule has 0 radical (unpaired) electrons. The van der Waals surface area contributed by atoms with E-state index in [1.54, 1.807) is 0 Å². The highest BCUT2D eigenvalue weighted by Crippen LogP contribution is 2.23. The molecular weight excluding hydrogens is 511 g/mol. The number of hydrogen-bond donors (Lipinski definition) is 2. The van der Waals surface area contributed by atoms with E-state index in [4.69, 9.17) is 4.99 Å². The van der Waals surface area contributed by atoms with Gasteiger partial charge in [0.25, 0.3) is 0 Å². The van der Waals surface area contributed by atoms with Crippen molar-refractivity contribution in [3.8, 4) is 0 Å². The Labute approximate surface area is 209 Å². The van der Waals surface area contributed by atoms with Crippen molar-refractivity contribution in [2.24, 2.45) is 12.0 Å². The van der Waals surface area contributed by atoms with Crippen molar-refractivity contribution in [2.45, 2.75) is 18.9 Å². The Morgan fingerprint density at radius 3 is 2.03 bits per heavy atom. The average molecular weight is 547 g/mol. The molecular formula is C25H35IN6. The predicted octanol–water partition coefficient (Wildman–Crippen LogP) is 4.03. The van der Waals surface area contributed by atoms with Crippen LogP contribution in [-0.2, 0) is 7.05 Å². The first kappa shape index (κ1) is 25.9. The van der Waals surface area contributed by atoms with E-state index in [1.165, 1.54) is 16.7 Å².